The number of nitrogens with one attached hydrogen (secondary N) is 1. The summed E-state index contributed by atoms with van der Waals surface area (Å²) in [5.74, 6) is 0.0796. The van der Waals surface area contributed by atoms with Crippen LogP contribution in [-0.4, -0.2) is 36.4 Å². The van der Waals surface area contributed by atoms with Gasteiger partial charge in [0.05, 0.1) is 12.7 Å². The Kier molecular flexibility index (Phi) is 3.89. The van der Waals surface area contributed by atoms with Crippen molar-refractivity contribution in [2.75, 3.05) is 13.2 Å². The van der Waals surface area contributed by atoms with Crippen LogP contribution in [0, 0.1) is 0 Å². The smallest absolute Gasteiger partial charge is 0.332 e. The van der Waals surface area contributed by atoms with Gasteiger partial charge in [0, 0.05) is 24.6 Å². The predicted octanol–water partition coefficient (Wildman–Crippen LogP) is 1.73. The van der Waals surface area contributed by atoms with Crippen molar-refractivity contribution in [3.8, 4) is 5.75 Å². The summed E-state index contributed by atoms with van der Waals surface area (Å²) in [7, 11) is 0. The molecular formula is C15H19NO4. The van der Waals surface area contributed by atoms with Crippen molar-refractivity contribution in [2.45, 2.75) is 37.5 Å². The molecule has 2 aliphatic rings. The summed E-state index contributed by atoms with van der Waals surface area (Å²) in [5, 5.41) is 12.4. The van der Waals surface area contributed by atoms with E-state index >= 15 is 0 Å². The van der Waals surface area contributed by atoms with Crippen molar-refractivity contribution in [3.63, 3.8) is 0 Å². The molecule has 0 aliphatic carbocycles. The van der Waals surface area contributed by atoms with E-state index in [4.69, 9.17) is 14.6 Å². The summed E-state index contributed by atoms with van der Waals surface area (Å²) < 4.78 is 11.1. The molecule has 0 spiro atoms. The molecule has 0 saturated carbocycles. The van der Waals surface area contributed by atoms with Crippen LogP contribution in [-0.2, 0) is 9.53 Å². The standard InChI is InChI=1S/C15H19NO4/c17-15(18)14-6-5-10(20-14)9-16-12-7-8-19-13-4-2-1-3-11(12)13/h1-4,10,12,14,16H,5-9H2,(H,17,18). The zero-order valence-electron chi connectivity index (χ0n) is 11.2. The van der Waals surface area contributed by atoms with E-state index < -0.39 is 12.1 Å². The molecule has 3 rings (SSSR count). The highest BCUT2D eigenvalue weighted by molar-refractivity contribution is 5.72. The van der Waals surface area contributed by atoms with Gasteiger partial charge in [0.1, 0.15) is 5.75 Å². The number of rotatable bonds is 4. The number of fused-ring (bicyclic) bond motifs is 1. The van der Waals surface area contributed by atoms with E-state index in [2.05, 4.69) is 11.4 Å². The van der Waals surface area contributed by atoms with Gasteiger partial charge in [-0.1, -0.05) is 18.2 Å². The van der Waals surface area contributed by atoms with Crippen molar-refractivity contribution in [3.05, 3.63) is 29.8 Å². The number of hydrogen-bond donors (Lipinski definition) is 2. The summed E-state index contributed by atoms with van der Waals surface area (Å²) in [6, 6.07) is 8.29. The average Bonchev–Trinajstić information content (AvgIpc) is 2.94. The molecule has 0 radical (unpaired) electrons. The van der Waals surface area contributed by atoms with Gasteiger partial charge in [0.15, 0.2) is 6.10 Å². The topological polar surface area (TPSA) is 67.8 Å². The second-order valence-corrected chi connectivity index (χ2v) is 5.30. The highest BCUT2D eigenvalue weighted by Crippen LogP contribution is 2.31. The van der Waals surface area contributed by atoms with Crippen molar-refractivity contribution < 1.29 is 19.4 Å². The van der Waals surface area contributed by atoms with E-state index in [9.17, 15) is 4.79 Å². The molecule has 3 unspecified atom stereocenters. The maximum Gasteiger partial charge on any atom is 0.332 e. The molecule has 2 N–H and O–H groups in total. The van der Waals surface area contributed by atoms with Crippen molar-refractivity contribution in [2.24, 2.45) is 0 Å². The SMILES string of the molecule is O=C(O)C1CCC(CNC2CCOc3ccccc32)O1. The second kappa shape index (κ2) is 5.81. The minimum absolute atomic E-state index is 0.00823. The van der Waals surface area contributed by atoms with E-state index in [1.54, 1.807) is 0 Å². The number of carbonyl (C=O) groups is 1. The van der Waals surface area contributed by atoms with Crippen LogP contribution >= 0.6 is 0 Å². The molecule has 3 atom stereocenters. The van der Waals surface area contributed by atoms with E-state index in [-0.39, 0.29) is 12.1 Å². The van der Waals surface area contributed by atoms with Gasteiger partial charge in [-0.2, -0.15) is 0 Å². The molecule has 2 aliphatic heterocycles. The largest absolute Gasteiger partial charge is 0.493 e. The number of carboxylic acid groups (broad SMARTS) is 1. The van der Waals surface area contributed by atoms with E-state index in [0.29, 0.717) is 19.6 Å². The highest BCUT2D eigenvalue weighted by atomic mass is 16.5. The quantitative estimate of drug-likeness (QED) is 0.877. The maximum absolute atomic E-state index is 10.9. The Hall–Kier alpha value is -1.59. The van der Waals surface area contributed by atoms with E-state index in [1.165, 1.54) is 5.56 Å². The lowest BCUT2D eigenvalue weighted by Gasteiger charge is -2.27. The van der Waals surface area contributed by atoms with Crippen LogP contribution in [0.3, 0.4) is 0 Å². The third kappa shape index (κ3) is 2.78. The van der Waals surface area contributed by atoms with Crippen molar-refractivity contribution >= 4 is 5.97 Å². The van der Waals surface area contributed by atoms with Gasteiger partial charge in [0.25, 0.3) is 0 Å². The molecular weight excluding hydrogens is 258 g/mol. The first-order chi connectivity index (χ1) is 9.74. The number of aliphatic carboxylic acids is 1. The van der Waals surface area contributed by atoms with Crippen LogP contribution in [0.4, 0.5) is 0 Å². The number of benzene rings is 1. The van der Waals surface area contributed by atoms with E-state index in [1.807, 2.05) is 18.2 Å². The number of carboxylic acids is 1. The number of hydrogen-bond acceptors (Lipinski definition) is 4. The van der Waals surface area contributed by atoms with Crippen LogP contribution in [0.2, 0.25) is 0 Å². The molecule has 108 valence electrons. The third-order valence-electron chi connectivity index (χ3n) is 3.93. The molecule has 0 aromatic heterocycles. The summed E-state index contributed by atoms with van der Waals surface area (Å²) >= 11 is 0. The van der Waals surface area contributed by atoms with Crippen molar-refractivity contribution in [1.82, 2.24) is 5.32 Å². The second-order valence-electron chi connectivity index (χ2n) is 5.30. The molecule has 1 aromatic rings. The van der Waals surface area contributed by atoms with Crippen molar-refractivity contribution in [1.29, 1.82) is 0 Å². The van der Waals surface area contributed by atoms with Crippen LogP contribution in [0.25, 0.3) is 0 Å². The van der Waals surface area contributed by atoms with E-state index in [0.717, 1.165) is 18.6 Å². The lowest BCUT2D eigenvalue weighted by Crippen LogP contribution is -2.34. The Bertz CT molecular complexity index is 491. The Morgan fingerprint density at radius 3 is 2.95 bits per heavy atom. The fourth-order valence-corrected chi connectivity index (χ4v) is 2.87. The van der Waals surface area contributed by atoms with Gasteiger partial charge in [-0.25, -0.2) is 4.79 Å². The molecule has 1 fully saturated rings. The van der Waals surface area contributed by atoms with Gasteiger partial charge in [-0.3, -0.25) is 0 Å². The van der Waals surface area contributed by atoms with Crippen LogP contribution < -0.4 is 10.1 Å². The normalized spacial score (nSPS) is 28.7. The maximum atomic E-state index is 10.9. The summed E-state index contributed by atoms with van der Waals surface area (Å²) in [6.07, 6.45) is 1.68. The number of para-hydroxylation sites is 1. The average molecular weight is 277 g/mol. The van der Waals surface area contributed by atoms with Gasteiger partial charge in [-0.15, -0.1) is 0 Å². The lowest BCUT2D eigenvalue weighted by atomic mass is 10.0. The Morgan fingerprint density at radius 2 is 2.15 bits per heavy atom. The molecule has 5 nitrogen and oxygen atoms in total. The summed E-state index contributed by atoms with van der Waals surface area (Å²) in [6.45, 7) is 1.39. The Labute approximate surface area is 117 Å². The highest BCUT2D eigenvalue weighted by Gasteiger charge is 2.31. The monoisotopic (exact) mass is 277 g/mol. The molecule has 0 bridgehead atoms. The summed E-state index contributed by atoms with van der Waals surface area (Å²) in [5.41, 5.74) is 1.17. The zero-order chi connectivity index (χ0) is 13.9. The predicted molar refractivity (Wildman–Crippen MR) is 72.8 cm³/mol. The Morgan fingerprint density at radius 1 is 1.30 bits per heavy atom. The van der Waals surface area contributed by atoms with Gasteiger partial charge >= 0.3 is 5.97 Å². The first kappa shape index (κ1) is 13.4. The molecule has 1 aromatic carbocycles. The van der Waals surface area contributed by atoms with Crippen LogP contribution in [0.5, 0.6) is 5.75 Å². The Balaban J connectivity index is 1.56. The zero-order valence-corrected chi connectivity index (χ0v) is 11.2. The fraction of sp³-hybridized carbons (Fsp3) is 0.533. The molecule has 1 saturated heterocycles. The summed E-state index contributed by atoms with van der Waals surface area (Å²) in [4.78, 5) is 10.9. The first-order valence-electron chi connectivity index (χ1n) is 7.07. The minimum atomic E-state index is -0.857. The molecule has 20 heavy (non-hydrogen) atoms. The van der Waals surface area contributed by atoms with Gasteiger partial charge < -0.3 is 19.9 Å². The molecule has 2 heterocycles. The fourth-order valence-electron chi connectivity index (χ4n) is 2.87. The lowest BCUT2D eigenvalue weighted by molar-refractivity contribution is -0.149. The van der Waals surface area contributed by atoms with Crippen LogP contribution in [0.1, 0.15) is 30.9 Å². The van der Waals surface area contributed by atoms with Gasteiger partial charge in [-0.05, 0) is 18.9 Å². The molecule has 0 amide bonds. The van der Waals surface area contributed by atoms with Crippen LogP contribution in [0.15, 0.2) is 24.3 Å². The molecule has 5 heteroatoms. The third-order valence-corrected chi connectivity index (χ3v) is 3.93. The minimum Gasteiger partial charge on any atom is -0.493 e. The first-order valence-corrected chi connectivity index (χ1v) is 7.07. The van der Waals surface area contributed by atoms with Gasteiger partial charge in [0.2, 0.25) is 0 Å². The number of ether oxygens (including phenoxy) is 2.